The van der Waals surface area contributed by atoms with Crippen molar-refractivity contribution in [3.05, 3.63) is 0 Å². The van der Waals surface area contributed by atoms with Crippen LogP contribution in [0.4, 0.5) is 4.53 Å². The van der Waals surface area contributed by atoms with Gasteiger partial charge in [0.15, 0.2) is 0 Å². The van der Waals surface area contributed by atoms with Crippen LogP contribution in [0, 0.1) is 5.92 Å². The third-order valence-electron chi connectivity index (χ3n) is 1.75. The average molecular weight is 147 g/mol. The first-order chi connectivity index (χ1) is 4.84. The van der Waals surface area contributed by atoms with Crippen LogP contribution in [0.3, 0.4) is 0 Å². The fourth-order valence-corrected chi connectivity index (χ4v) is 1.12. The maximum absolute atomic E-state index is 11.3. The number of hydrogen-bond donors (Lipinski definition) is 1. The van der Waals surface area contributed by atoms with Gasteiger partial charge in [-0.25, -0.2) is 4.79 Å². The Morgan fingerprint density at radius 3 is 2.60 bits per heavy atom. The Hall–Kier alpha value is -0.640. The van der Waals surface area contributed by atoms with Gasteiger partial charge in [0.25, 0.3) is 0 Å². The predicted octanol–water partition coefficient (Wildman–Crippen LogP) is 0.414. The molecule has 3 nitrogen and oxygen atoms in total. The van der Waals surface area contributed by atoms with Gasteiger partial charge < -0.3 is 5.32 Å². The Balaban J connectivity index is 2.31. The highest BCUT2D eigenvalue weighted by Crippen LogP contribution is 2.12. The average Bonchev–Trinajstić information content (AvgIpc) is 2.05. The molecular formula is C6H10FNO2. The van der Waals surface area contributed by atoms with Gasteiger partial charge in [0, 0.05) is 4.53 Å². The molecule has 10 heavy (non-hydrogen) atoms. The second-order valence-electron chi connectivity index (χ2n) is 2.42. The number of carbonyl (C=O) groups is 1. The summed E-state index contributed by atoms with van der Waals surface area (Å²) >= 11 is 0. The molecule has 0 aromatic rings. The summed E-state index contributed by atoms with van der Waals surface area (Å²) in [6.07, 6.45) is 1.37. The van der Waals surface area contributed by atoms with Gasteiger partial charge in [-0.2, -0.15) is 0 Å². The molecule has 1 rings (SSSR count). The van der Waals surface area contributed by atoms with Crippen molar-refractivity contribution in [3.8, 4) is 0 Å². The molecule has 1 N–H and O–H groups in total. The Morgan fingerprint density at radius 2 is 2.10 bits per heavy atom. The van der Waals surface area contributed by atoms with Gasteiger partial charge >= 0.3 is 5.97 Å². The van der Waals surface area contributed by atoms with E-state index in [4.69, 9.17) is 0 Å². The number of hydrogen-bond acceptors (Lipinski definition) is 3. The lowest BCUT2D eigenvalue weighted by Crippen LogP contribution is -2.31. The third-order valence-corrected chi connectivity index (χ3v) is 1.75. The minimum atomic E-state index is -0.721. The Morgan fingerprint density at radius 1 is 1.50 bits per heavy atom. The summed E-state index contributed by atoms with van der Waals surface area (Å²) in [6.45, 7) is 1.56. The van der Waals surface area contributed by atoms with Crippen LogP contribution >= 0.6 is 0 Å². The van der Waals surface area contributed by atoms with E-state index in [1.165, 1.54) is 0 Å². The van der Waals surface area contributed by atoms with Crippen LogP contribution in [0.1, 0.15) is 12.8 Å². The fraction of sp³-hybridized carbons (Fsp3) is 0.833. The Labute approximate surface area is 58.4 Å². The maximum Gasteiger partial charge on any atom is 0.351 e. The van der Waals surface area contributed by atoms with Gasteiger partial charge in [-0.05, 0) is 25.9 Å². The molecule has 1 fully saturated rings. The molecule has 58 valence electrons. The van der Waals surface area contributed by atoms with Crippen LogP contribution < -0.4 is 5.32 Å². The van der Waals surface area contributed by atoms with E-state index >= 15 is 0 Å². The number of nitrogens with one attached hydrogen (secondary N) is 1. The van der Waals surface area contributed by atoms with Crippen LogP contribution in [-0.2, 0) is 9.74 Å². The van der Waals surface area contributed by atoms with Gasteiger partial charge in [0.05, 0.1) is 5.92 Å². The molecule has 1 heterocycles. The zero-order valence-electron chi connectivity index (χ0n) is 5.60. The largest absolute Gasteiger partial charge is 0.351 e. The summed E-state index contributed by atoms with van der Waals surface area (Å²) in [5, 5.41) is 3.06. The lowest BCUT2D eigenvalue weighted by Gasteiger charge is -2.18. The topological polar surface area (TPSA) is 38.3 Å². The molecule has 0 saturated carbocycles. The summed E-state index contributed by atoms with van der Waals surface area (Å²) < 4.78 is 11.3. The standard InChI is InChI=1S/C6H10FNO2/c7-10-6(9)5-1-3-8-4-2-5/h5,8H,1-4H2. The summed E-state index contributed by atoms with van der Waals surface area (Å²) in [5.74, 6) is -0.951. The van der Waals surface area contributed by atoms with Crippen LogP contribution in [-0.4, -0.2) is 19.1 Å². The molecule has 0 atom stereocenters. The van der Waals surface area contributed by atoms with Crippen molar-refractivity contribution in [2.45, 2.75) is 12.8 Å². The Kier molecular flexibility index (Phi) is 2.62. The molecule has 1 saturated heterocycles. The first-order valence-corrected chi connectivity index (χ1v) is 3.37. The summed E-state index contributed by atoms with van der Waals surface area (Å²) in [6, 6.07) is 0. The van der Waals surface area contributed by atoms with E-state index in [9.17, 15) is 9.32 Å². The van der Waals surface area contributed by atoms with E-state index in [1.54, 1.807) is 0 Å². The van der Waals surface area contributed by atoms with Crippen LogP contribution in [0.15, 0.2) is 0 Å². The second-order valence-corrected chi connectivity index (χ2v) is 2.42. The molecule has 0 aliphatic carbocycles. The molecular weight excluding hydrogens is 137 g/mol. The van der Waals surface area contributed by atoms with Crippen molar-refractivity contribution < 1.29 is 14.3 Å². The minimum absolute atomic E-state index is 0.230. The molecule has 0 bridgehead atoms. The summed E-state index contributed by atoms with van der Waals surface area (Å²) in [5.41, 5.74) is 0. The van der Waals surface area contributed by atoms with Crippen molar-refractivity contribution >= 4 is 5.97 Å². The third kappa shape index (κ3) is 1.67. The van der Waals surface area contributed by atoms with Gasteiger partial charge in [0.2, 0.25) is 0 Å². The van der Waals surface area contributed by atoms with Gasteiger partial charge in [0.1, 0.15) is 0 Å². The highest BCUT2D eigenvalue weighted by Gasteiger charge is 2.22. The smallest absolute Gasteiger partial charge is 0.317 e. The van der Waals surface area contributed by atoms with Crippen molar-refractivity contribution in [1.29, 1.82) is 0 Å². The highest BCUT2D eigenvalue weighted by molar-refractivity contribution is 5.71. The second kappa shape index (κ2) is 3.51. The number of piperidine rings is 1. The van der Waals surface area contributed by atoms with E-state index in [2.05, 4.69) is 10.3 Å². The van der Waals surface area contributed by atoms with Gasteiger partial charge in [-0.15, -0.1) is 0 Å². The normalized spacial score (nSPS) is 20.5. The fourth-order valence-electron chi connectivity index (χ4n) is 1.12. The highest BCUT2D eigenvalue weighted by atomic mass is 19.3. The molecule has 0 amide bonds. The lowest BCUT2D eigenvalue weighted by atomic mass is 9.99. The molecule has 0 aromatic heterocycles. The van der Waals surface area contributed by atoms with Crippen molar-refractivity contribution in [2.75, 3.05) is 13.1 Å². The molecule has 0 unspecified atom stereocenters. The molecule has 4 heteroatoms. The summed E-state index contributed by atoms with van der Waals surface area (Å²) in [4.78, 5) is 13.7. The molecule has 1 aliphatic rings. The van der Waals surface area contributed by atoms with Crippen LogP contribution in [0.5, 0.6) is 0 Å². The van der Waals surface area contributed by atoms with E-state index < -0.39 is 5.97 Å². The van der Waals surface area contributed by atoms with Crippen molar-refractivity contribution in [1.82, 2.24) is 5.32 Å². The first-order valence-electron chi connectivity index (χ1n) is 3.37. The SMILES string of the molecule is O=C(OF)C1CCNCC1. The maximum atomic E-state index is 11.3. The molecule has 0 radical (unpaired) electrons. The molecule has 0 spiro atoms. The van der Waals surface area contributed by atoms with Gasteiger partial charge in [-0.1, -0.05) is 0 Å². The lowest BCUT2D eigenvalue weighted by molar-refractivity contribution is -0.189. The zero-order chi connectivity index (χ0) is 7.40. The van der Waals surface area contributed by atoms with Gasteiger partial charge in [-0.3, -0.25) is 4.94 Å². The van der Waals surface area contributed by atoms with Crippen molar-refractivity contribution in [2.24, 2.45) is 5.92 Å². The quantitative estimate of drug-likeness (QED) is 0.584. The van der Waals surface area contributed by atoms with Crippen LogP contribution in [0.25, 0.3) is 0 Å². The van der Waals surface area contributed by atoms with E-state index in [0.29, 0.717) is 12.8 Å². The number of carbonyl (C=O) groups excluding carboxylic acids is 1. The van der Waals surface area contributed by atoms with Crippen molar-refractivity contribution in [3.63, 3.8) is 0 Å². The van der Waals surface area contributed by atoms with E-state index in [-0.39, 0.29) is 5.92 Å². The predicted molar refractivity (Wildman–Crippen MR) is 32.8 cm³/mol. The summed E-state index contributed by atoms with van der Waals surface area (Å²) in [7, 11) is 0. The first kappa shape index (κ1) is 7.47. The zero-order valence-corrected chi connectivity index (χ0v) is 5.60. The monoisotopic (exact) mass is 147 g/mol. The molecule has 1 aliphatic heterocycles. The van der Waals surface area contributed by atoms with Crippen LogP contribution in [0.2, 0.25) is 0 Å². The van der Waals surface area contributed by atoms with E-state index in [1.807, 2.05) is 0 Å². The minimum Gasteiger partial charge on any atom is -0.317 e. The molecule has 0 aromatic carbocycles. The van der Waals surface area contributed by atoms with E-state index in [0.717, 1.165) is 13.1 Å². The number of rotatable bonds is 1. The Bertz CT molecular complexity index is 123. The number of halogens is 1.